The monoisotopic (exact) mass is 286 g/mol. The minimum Gasteiger partial charge on any atom is -0.399 e. The molecule has 0 fully saturated rings. The van der Waals surface area contributed by atoms with Crippen molar-refractivity contribution in [1.29, 1.82) is 0 Å². The molecule has 0 bridgehead atoms. The Bertz CT molecular complexity index is 613. The second kappa shape index (κ2) is 5.99. The molecule has 0 atom stereocenters. The van der Waals surface area contributed by atoms with Crippen LogP contribution >= 0.6 is 0 Å². The van der Waals surface area contributed by atoms with Gasteiger partial charge in [0.25, 0.3) is 0 Å². The number of carbonyl (C=O) groups is 1. The van der Waals surface area contributed by atoms with Gasteiger partial charge < -0.3 is 11.1 Å². The highest BCUT2D eigenvalue weighted by molar-refractivity contribution is 5.87. The highest BCUT2D eigenvalue weighted by atomic mass is 16.2. The number of hydrogen-bond donors (Lipinski definition) is 2. The Morgan fingerprint density at radius 2 is 2.00 bits per heavy atom. The maximum Gasteiger partial charge on any atom is 0.230 e. The van der Waals surface area contributed by atoms with Crippen LogP contribution in [0.2, 0.25) is 0 Å². The smallest absolute Gasteiger partial charge is 0.230 e. The number of anilines is 1. The summed E-state index contributed by atoms with van der Waals surface area (Å²) in [5.41, 5.74) is 7.85. The van der Waals surface area contributed by atoms with Gasteiger partial charge in [0.2, 0.25) is 5.91 Å². The molecule has 0 spiro atoms. The maximum absolute atomic E-state index is 12.4. The van der Waals surface area contributed by atoms with E-state index in [0.717, 1.165) is 11.1 Å². The fraction of sp³-hybridized carbons (Fsp3) is 0.375. The highest BCUT2D eigenvalue weighted by Crippen LogP contribution is 2.24. The van der Waals surface area contributed by atoms with Crippen LogP contribution in [0.1, 0.15) is 25.0 Å². The number of rotatable bonds is 5. The van der Waals surface area contributed by atoms with Crippen LogP contribution in [0.5, 0.6) is 0 Å². The summed E-state index contributed by atoms with van der Waals surface area (Å²) < 4.78 is 1.83. The first-order chi connectivity index (χ1) is 9.89. The summed E-state index contributed by atoms with van der Waals surface area (Å²) in [6.07, 6.45) is 3.76. The minimum atomic E-state index is -0.590. The fourth-order valence-corrected chi connectivity index (χ4v) is 2.13. The largest absolute Gasteiger partial charge is 0.399 e. The van der Waals surface area contributed by atoms with Crippen molar-refractivity contribution in [1.82, 2.24) is 15.1 Å². The molecule has 1 amide bonds. The second-order valence-electron chi connectivity index (χ2n) is 5.78. The molecular formula is C16H22N4O. The van der Waals surface area contributed by atoms with Crippen molar-refractivity contribution in [3.05, 3.63) is 47.8 Å². The quantitative estimate of drug-likeness (QED) is 0.824. The normalized spacial score (nSPS) is 11.4. The van der Waals surface area contributed by atoms with Crippen molar-refractivity contribution in [2.45, 2.75) is 32.7 Å². The lowest BCUT2D eigenvalue weighted by Gasteiger charge is -2.24. The molecule has 21 heavy (non-hydrogen) atoms. The summed E-state index contributed by atoms with van der Waals surface area (Å²) in [4.78, 5) is 12.4. The van der Waals surface area contributed by atoms with Gasteiger partial charge in [-0.3, -0.25) is 9.48 Å². The Labute approximate surface area is 125 Å². The van der Waals surface area contributed by atoms with Crippen molar-refractivity contribution in [3.63, 3.8) is 0 Å². The van der Waals surface area contributed by atoms with E-state index in [0.29, 0.717) is 18.8 Å². The lowest BCUT2D eigenvalue weighted by atomic mass is 9.83. The van der Waals surface area contributed by atoms with E-state index in [-0.39, 0.29) is 5.91 Å². The maximum atomic E-state index is 12.4. The number of nitrogen functional groups attached to an aromatic ring is 1. The molecule has 3 N–H and O–H groups in total. The zero-order valence-electron chi connectivity index (χ0n) is 12.8. The predicted octanol–water partition coefficient (Wildman–Crippen LogP) is 1.87. The van der Waals surface area contributed by atoms with E-state index in [1.165, 1.54) is 0 Å². The third-order valence-corrected chi connectivity index (χ3v) is 3.59. The van der Waals surface area contributed by atoms with E-state index < -0.39 is 5.41 Å². The van der Waals surface area contributed by atoms with E-state index in [4.69, 9.17) is 5.73 Å². The molecule has 0 aliphatic carbocycles. The van der Waals surface area contributed by atoms with Crippen LogP contribution in [0.25, 0.3) is 0 Å². The predicted molar refractivity (Wildman–Crippen MR) is 83.9 cm³/mol. The summed E-state index contributed by atoms with van der Waals surface area (Å²) in [6.45, 7) is 7.03. The van der Waals surface area contributed by atoms with Gasteiger partial charge in [-0.05, 0) is 44.0 Å². The molecule has 112 valence electrons. The average Bonchev–Trinajstić information content (AvgIpc) is 2.85. The second-order valence-corrected chi connectivity index (χ2v) is 5.78. The van der Waals surface area contributed by atoms with E-state index in [1.54, 1.807) is 6.20 Å². The number of benzene rings is 1. The van der Waals surface area contributed by atoms with Gasteiger partial charge in [0.05, 0.1) is 18.2 Å². The molecule has 0 saturated carbocycles. The number of carbonyl (C=O) groups excluding carboxylic acids is 1. The van der Waals surface area contributed by atoms with Crippen LogP contribution in [0, 0.1) is 6.92 Å². The third kappa shape index (κ3) is 3.62. The molecule has 5 heteroatoms. The molecule has 0 aliphatic heterocycles. The van der Waals surface area contributed by atoms with Crippen molar-refractivity contribution < 1.29 is 4.79 Å². The van der Waals surface area contributed by atoms with Gasteiger partial charge in [-0.15, -0.1) is 0 Å². The number of amides is 1. The molecule has 0 aliphatic rings. The molecule has 1 aromatic heterocycles. The van der Waals surface area contributed by atoms with Gasteiger partial charge in [0.1, 0.15) is 0 Å². The zero-order chi connectivity index (χ0) is 15.5. The van der Waals surface area contributed by atoms with Crippen LogP contribution in [0.4, 0.5) is 5.69 Å². The molecule has 5 nitrogen and oxygen atoms in total. The number of aromatic nitrogens is 2. The molecule has 0 saturated heterocycles. The fourth-order valence-electron chi connectivity index (χ4n) is 2.13. The van der Waals surface area contributed by atoms with E-state index in [2.05, 4.69) is 10.4 Å². The van der Waals surface area contributed by atoms with Crippen molar-refractivity contribution >= 4 is 11.6 Å². The summed E-state index contributed by atoms with van der Waals surface area (Å²) in [6, 6.07) is 7.42. The molecular weight excluding hydrogens is 264 g/mol. The number of aryl methyl sites for hydroxylation is 1. The lowest BCUT2D eigenvalue weighted by Crippen LogP contribution is -2.41. The topological polar surface area (TPSA) is 72.9 Å². The van der Waals surface area contributed by atoms with Gasteiger partial charge in [0.15, 0.2) is 0 Å². The minimum absolute atomic E-state index is 0.00357. The van der Waals surface area contributed by atoms with Crippen molar-refractivity contribution in [3.8, 4) is 0 Å². The van der Waals surface area contributed by atoms with Gasteiger partial charge in [-0.2, -0.15) is 5.10 Å². The average molecular weight is 286 g/mol. The van der Waals surface area contributed by atoms with Crippen LogP contribution in [-0.2, 0) is 16.8 Å². The standard InChI is InChI=1S/C16H22N4O/c1-12-10-19-20(11-12)9-8-18-15(21)16(2,3)13-4-6-14(17)7-5-13/h4-7,10-11H,8-9,17H2,1-3H3,(H,18,21). The van der Waals surface area contributed by atoms with E-state index >= 15 is 0 Å². The van der Waals surface area contributed by atoms with Gasteiger partial charge in [0, 0.05) is 18.4 Å². The van der Waals surface area contributed by atoms with Crippen molar-refractivity contribution in [2.24, 2.45) is 0 Å². The van der Waals surface area contributed by atoms with Gasteiger partial charge >= 0.3 is 0 Å². The molecule has 2 rings (SSSR count). The Kier molecular flexibility index (Phi) is 4.31. The van der Waals surface area contributed by atoms with Crippen LogP contribution in [0.15, 0.2) is 36.7 Å². The number of nitrogens with two attached hydrogens (primary N) is 1. The number of hydrogen-bond acceptors (Lipinski definition) is 3. The Morgan fingerprint density at radius 3 is 2.57 bits per heavy atom. The molecule has 2 aromatic rings. The first kappa shape index (κ1) is 15.1. The Morgan fingerprint density at radius 1 is 1.33 bits per heavy atom. The lowest BCUT2D eigenvalue weighted by molar-refractivity contribution is -0.125. The summed E-state index contributed by atoms with van der Waals surface area (Å²) in [7, 11) is 0. The first-order valence-corrected chi connectivity index (χ1v) is 7.03. The van der Waals surface area contributed by atoms with E-state index in [1.807, 2.05) is 55.9 Å². The van der Waals surface area contributed by atoms with E-state index in [9.17, 15) is 4.79 Å². The Hall–Kier alpha value is -2.30. The summed E-state index contributed by atoms with van der Waals surface area (Å²) >= 11 is 0. The molecule has 0 radical (unpaired) electrons. The van der Waals surface area contributed by atoms with Crippen LogP contribution < -0.4 is 11.1 Å². The molecule has 1 heterocycles. The van der Waals surface area contributed by atoms with Gasteiger partial charge in [-0.1, -0.05) is 12.1 Å². The summed E-state index contributed by atoms with van der Waals surface area (Å²) in [5.74, 6) is -0.00357. The molecule has 1 aromatic carbocycles. The number of nitrogens with zero attached hydrogens (tertiary/aromatic N) is 2. The highest BCUT2D eigenvalue weighted by Gasteiger charge is 2.29. The SMILES string of the molecule is Cc1cnn(CCNC(=O)C(C)(C)c2ccc(N)cc2)c1. The van der Waals surface area contributed by atoms with Gasteiger partial charge in [-0.25, -0.2) is 0 Å². The van der Waals surface area contributed by atoms with Crippen LogP contribution in [0.3, 0.4) is 0 Å². The Balaban J connectivity index is 1.93. The summed E-state index contributed by atoms with van der Waals surface area (Å²) in [5, 5.41) is 7.16. The zero-order valence-corrected chi connectivity index (χ0v) is 12.8. The third-order valence-electron chi connectivity index (χ3n) is 3.59. The number of nitrogens with one attached hydrogen (secondary N) is 1. The van der Waals surface area contributed by atoms with Crippen LogP contribution in [-0.4, -0.2) is 22.2 Å². The van der Waals surface area contributed by atoms with Crippen molar-refractivity contribution in [2.75, 3.05) is 12.3 Å². The first-order valence-electron chi connectivity index (χ1n) is 7.03. The molecule has 0 unspecified atom stereocenters.